The summed E-state index contributed by atoms with van der Waals surface area (Å²) in [4.78, 5) is 13.6. The molecule has 0 atom stereocenters. The number of hydrogen-bond donors (Lipinski definition) is 0. The number of rotatable bonds is 3. The molecule has 1 rings (SSSR count). The summed E-state index contributed by atoms with van der Waals surface area (Å²) in [6, 6.07) is 0. The normalized spacial score (nSPS) is 14.8. The Kier molecular flexibility index (Phi) is 4.35. The second-order valence-corrected chi connectivity index (χ2v) is 4.80. The van der Waals surface area contributed by atoms with Crippen molar-refractivity contribution < 1.29 is 4.79 Å². The van der Waals surface area contributed by atoms with Gasteiger partial charge in [-0.2, -0.15) is 0 Å². The van der Waals surface area contributed by atoms with Crippen LogP contribution < -0.4 is 0 Å². The average Bonchev–Trinajstić information content (AvgIpc) is 2.21. The van der Waals surface area contributed by atoms with Gasteiger partial charge in [-0.3, -0.25) is 4.79 Å². The van der Waals surface area contributed by atoms with Crippen LogP contribution in [0.2, 0.25) is 0 Å². The molecule has 3 heteroatoms. The van der Waals surface area contributed by atoms with E-state index in [4.69, 9.17) is 0 Å². The molecule has 0 aromatic rings. The maximum Gasteiger partial charge on any atom is 0.253 e. The van der Waals surface area contributed by atoms with Gasteiger partial charge in [-0.25, -0.2) is 0 Å². The number of likely N-dealkylation sites (N-methyl/N-ethyl adjacent to an activating group) is 1. The first-order chi connectivity index (χ1) is 6.29. The molecule has 0 saturated heterocycles. The van der Waals surface area contributed by atoms with Crippen LogP contribution in [0.3, 0.4) is 0 Å². The van der Waals surface area contributed by atoms with E-state index in [0.717, 1.165) is 18.7 Å². The van der Waals surface area contributed by atoms with Crippen molar-refractivity contribution in [3.05, 3.63) is 21.8 Å². The number of halogens is 1. The Labute approximate surface area is 89.1 Å². The van der Waals surface area contributed by atoms with Crippen LogP contribution in [0.15, 0.2) is 21.8 Å². The van der Waals surface area contributed by atoms with Crippen molar-refractivity contribution in [1.82, 2.24) is 4.90 Å². The Hall–Kier alpha value is -0.450. The zero-order valence-electron chi connectivity index (χ0n) is 7.96. The molecule has 0 fully saturated rings. The highest BCUT2D eigenvalue weighted by atomic mass is 127. The topological polar surface area (TPSA) is 20.3 Å². The molecule has 0 aliphatic carbocycles. The van der Waals surface area contributed by atoms with Crippen LogP contribution in [0.1, 0.15) is 13.8 Å². The lowest BCUT2D eigenvalue weighted by Gasteiger charge is -2.19. The fourth-order valence-corrected chi connectivity index (χ4v) is 2.57. The molecule has 0 unspecified atom stereocenters. The lowest BCUT2D eigenvalue weighted by Crippen LogP contribution is -2.31. The molecule has 0 radical (unpaired) electrons. The van der Waals surface area contributed by atoms with Gasteiger partial charge in [0.2, 0.25) is 0 Å². The van der Waals surface area contributed by atoms with Gasteiger partial charge >= 0.3 is 0 Å². The molecule has 1 aliphatic heterocycles. The van der Waals surface area contributed by atoms with E-state index in [9.17, 15) is 4.79 Å². The van der Waals surface area contributed by atoms with Crippen molar-refractivity contribution in [3.63, 3.8) is 0 Å². The summed E-state index contributed by atoms with van der Waals surface area (Å²) in [5.74, 6) is 0.154. The minimum atomic E-state index is 0.0805. The van der Waals surface area contributed by atoms with E-state index in [1.54, 1.807) is 0 Å². The lowest BCUT2D eigenvalue weighted by atomic mass is 10.2. The number of amides is 1. The number of allylic oxidation sites excluding steroid dienone is 1. The highest BCUT2D eigenvalue weighted by Gasteiger charge is 2.12. The Morgan fingerprint density at radius 2 is 2.15 bits per heavy atom. The van der Waals surface area contributed by atoms with E-state index in [1.807, 2.05) is 30.9 Å². The molecule has 0 bridgehead atoms. The summed E-state index contributed by atoms with van der Waals surface area (Å²) in [6.07, 6.45) is 3.90. The van der Waals surface area contributed by atoms with Gasteiger partial charge in [-0.05, 0) is 34.1 Å². The monoisotopic (exact) mass is 291 g/mol. The highest BCUT2D eigenvalue weighted by molar-refractivity contribution is 14.2. The highest BCUT2D eigenvalue weighted by Crippen LogP contribution is 2.12. The third kappa shape index (κ3) is 2.76. The Morgan fingerprint density at radius 3 is 2.62 bits per heavy atom. The predicted octanol–water partition coefficient (Wildman–Crippen LogP) is 2.08. The number of carbonyl (C=O) groups excluding carboxylic acids is 1. The summed E-state index contributed by atoms with van der Waals surface area (Å²) in [6.45, 7) is 5.58. The molecule has 13 heavy (non-hydrogen) atoms. The van der Waals surface area contributed by atoms with Crippen molar-refractivity contribution >= 4 is 30.6 Å². The van der Waals surface area contributed by atoms with Gasteiger partial charge in [-0.1, -0.05) is 20.7 Å². The van der Waals surface area contributed by atoms with Gasteiger partial charge in [0.1, 0.15) is 0 Å². The van der Waals surface area contributed by atoms with Gasteiger partial charge in [-0.15, -0.1) is 0 Å². The molecule has 0 saturated carbocycles. The Morgan fingerprint density at radius 1 is 1.46 bits per heavy atom. The number of carbonyl (C=O) groups is 1. The molecule has 72 valence electrons. The van der Waals surface area contributed by atoms with E-state index >= 15 is 0 Å². The third-order valence-corrected chi connectivity index (χ3v) is 3.48. The first-order valence-electron chi connectivity index (χ1n) is 4.40. The van der Waals surface area contributed by atoms with Crippen LogP contribution >= 0.6 is 20.7 Å². The molecule has 1 aliphatic rings. The van der Waals surface area contributed by atoms with Crippen LogP contribution in [0, 0.1) is 0 Å². The van der Waals surface area contributed by atoms with E-state index in [1.165, 1.54) is 0 Å². The molecular weight excluding hydrogens is 277 g/mol. The second-order valence-electron chi connectivity index (χ2n) is 2.64. The molecular formula is C10H14INO. The number of nitrogens with zero attached hydrogens (tertiary/aromatic N) is 1. The summed E-state index contributed by atoms with van der Waals surface area (Å²) in [5.41, 5.74) is 0.828. The first kappa shape index (κ1) is 10.6. The van der Waals surface area contributed by atoms with Crippen molar-refractivity contribution in [2.75, 3.05) is 13.1 Å². The maximum atomic E-state index is 11.8. The Balaban J connectivity index is 2.72. The molecule has 0 aromatic heterocycles. The second kappa shape index (κ2) is 5.32. The van der Waals surface area contributed by atoms with E-state index in [0.29, 0.717) is 0 Å². The number of hydrogen-bond acceptors (Lipinski definition) is 1. The quantitative estimate of drug-likeness (QED) is 0.729. The van der Waals surface area contributed by atoms with Crippen molar-refractivity contribution in [3.8, 4) is 0 Å². The molecule has 0 spiro atoms. The molecule has 0 N–H and O–H groups in total. The summed E-state index contributed by atoms with van der Waals surface area (Å²) in [5, 5.41) is 0. The molecule has 1 amide bonds. The smallest absolute Gasteiger partial charge is 0.253 e. The largest absolute Gasteiger partial charge is 0.339 e. The minimum Gasteiger partial charge on any atom is -0.339 e. The minimum absolute atomic E-state index is 0.0805. The fourth-order valence-electron chi connectivity index (χ4n) is 1.14. The third-order valence-electron chi connectivity index (χ3n) is 1.93. The van der Waals surface area contributed by atoms with Crippen LogP contribution in [-0.4, -0.2) is 27.9 Å². The maximum absolute atomic E-state index is 11.8. The van der Waals surface area contributed by atoms with Crippen LogP contribution in [0.25, 0.3) is 0 Å². The molecule has 0 aromatic carbocycles. The van der Waals surface area contributed by atoms with Gasteiger partial charge in [0.05, 0.1) is 0 Å². The zero-order valence-corrected chi connectivity index (χ0v) is 10.1. The fraction of sp³-hybridized carbons (Fsp3) is 0.400. The Bertz CT molecular complexity index is 275. The van der Waals surface area contributed by atoms with Crippen molar-refractivity contribution in [1.29, 1.82) is 0 Å². The standard InChI is InChI=1S/C10H14INO/c1-3-12(4-2)10(13)9-5-7-11-8-6-9/h5-8H,3-4H2,1-2H3. The van der Waals surface area contributed by atoms with E-state index in [2.05, 4.69) is 8.09 Å². The summed E-state index contributed by atoms with van der Waals surface area (Å²) < 4.78 is 4.24. The van der Waals surface area contributed by atoms with E-state index in [-0.39, 0.29) is 26.6 Å². The van der Waals surface area contributed by atoms with Crippen molar-refractivity contribution in [2.45, 2.75) is 13.8 Å². The van der Waals surface area contributed by atoms with Gasteiger partial charge in [0, 0.05) is 18.7 Å². The van der Waals surface area contributed by atoms with E-state index < -0.39 is 0 Å². The molecule has 1 heterocycles. The van der Waals surface area contributed by atoms with Gasteiger partial charge in [0.25, 0.3) is 5.91 Å². The zero-order chi connectivity index (χ0) is 9.68. The summed E-state index contributed by atoms with van der Waals surface area (Å²) >= 11 is 0.0805. The summed E-state index contributed by atoms with van der Waals surface area (Å²) in [7, 11) is 0. The SMILES string of the molecule is CCN(CC)C(=O)C1=CC=IC=C1. The van der Waals surface area contributed by atoms with Gasteiger partial charge in [0.15, 0.2) is 0 Å². The van der Waals surface area contributed by atoms with Gasteiger partial charge < -0.3 is 4.90 Å². The average molecular weight is 291 g/mol. The lowest BCUT2D eigenvalue weighted by molar-refractivity contribution is -0.126. The first-order valence-corrected chi connectivity index (χ1v) is 6.90. The predicted molar refractivity (Wildman–Crippen MR) is 65.2 cm³/mol. The molecule has 2 nitrogen and oxygen atoms in total. The van der Waals surface area contributed by atoms with Crippen molar-refractivity contribution in [2.24, 2.45) is 0 Å². The van der Waals surface area contributed by atoms with Crippen LogP contribution in [0.5, 0.6) is 0 Å². The van der Waals surface area contributed by atoms with Crippen LogP contribution in [-0.2, 0) is 4.79 Å². The van der Waals surface area contributed by atoms with Crippen LogP contribution in [0.4, 0.5) is 0 Å².